The molecule has 0 radical (unpaired) electrons. The molecule has 0 aromatic heterocycles. The molecular weight excluding hydrogens is 308 g/mol. The van der Waals surface area contributed by atoms with E-state index in [0.717, 1.165) is 5.56 Å². The zero-order chi connectivity index (χ0) is 18.3. The van der Waals surface area contributed by atoms with Crippen molar-refractivity contribution in [1.82, 2.24) is 0 Å². The molecule has 1 amide bonds. The van der Waals surface area contributed by atoms with Gasteiger partial charge in [-0.2, -0.15) is 0 Å². The SMILES string of the molecule is COc1cc([C@H]2[C@H](N)C2(C)C)cc(NC(=O)OC(C)(C)C)c1OC. The molecule has 6 heteroatoms. The van der Waals surface area contributed by atoms with Gasteiger partial charge >= 0.3 is 6.09 Å². The Morgan fingerprint density at radius 2 is 1.79 bits per heavy atom. The highest BCUT2D eigenvalue weighted by molar-refractivity contribution is 5.88. The monoisotopic (exact) mass is 336 g/mol. The molecule has 1 aliphatic carbocycles. The van der Waals surface area contributed by atoms with Crippen LogP contribution in [0.1, 0.15) is 46.1 Å². The fourth-order valence-electron chi connectivity index (χ4n) is 2.99. The average molecular weight is 336 g/mol. The van der Waals surface area contributed by atoms with Crippen LogP contribution in [0, 0.1) is 5.41 Å². The fraction of sp³-hybridized carbons (Fsp3) is 0.611. The normalized spacial score (nSPS) is 21.8. The van der Waals surface area contributed by atoms with Crippen LogP contribution in [0.25, 0.3) is 0 Å². The molecule has 6 nitrogen and oxygen atoms in total. The third-order valence-electron chi connectivity index (χ3n) is 4.41. The first-order chi connectivity index (χ1) is 11.0. The molecule has 0 unspecified atom stereocenters. The molecule has 0 aliphatic heterocycles. The Bertz CT molecular complexity index is 635. The van der Waals surface area contributed by atoms with Gasteiger partial charge in [0.05, 0.1) is 19.9 Å². The molecule has 0 spiro atoms. The molecule has 0 saturated heterocycles. The number of ether oxygens (including phenoxy) is 3. The molecule has 2 rings (SSSR count). The second kappa shape index (κ2) is 6.16. The van der Waals surface area contributed by atoms with E-state index in [-0.39, 0.29) is 17.4 Å². The molecule has 0 heterocycles. The van der Waals surface area contributed by atoms with Gasteiger partial charge in [-0.25, -0.2) is 4.79 Å². The molecule has 2 atom stereocenters. The Balaban J connectivity index is 2.36. The van der Waals surface area contributed by atoms with Crippen molar-refractivity contribution < 1.29 is 19.0 Å². The lowest BCUT2D eigenvalue weighted by atomic mass is 10.0. The summed E-state index contributed by atoms with van der Waals surface area (Å²) in [5, 5.41) is 2.75. The Labute approximate surface area is 143 Å². The van der Waals surface area contributed by atoms with Gasteiger partial charge < -0.3 is 19.9 Å². The van der Waals surface area contributed by atoms with Crippen molar-refractivity contribution in [2.24, 2.45) is 11.1 Å². The standard InChI is InChI=1S/C18H28N2O4/c1-17(2,3)24-16(21)20-11-8-10(13-15(19)18(13,4)5)9-12(22-6)14(11)23-7/h8-9,13,15H,19H2,1-7H3,(H,20,21)/t13-,15-/m0/s1. The summed E-state index contributed by atoms with van der Waals surface area (Å²) in [6.07, 6.45) is -0.542. The Kier molecular flexibility index (Phi) is 4.72. The number of methoxy groups -OCH3 is 2. The van der Waals surface area contributed by atoms with Crippen molar-refractivity contribution in [2.45, 2.75) is 52.2 Å². The summed E-state index contributed by atoms with van der Waals surface area (Å²) >= 11 is 0. The zero-order valence-electron chi connectivity index (χ0n) is 15.5. The van der Waals surface area contributed by atoms with E-state index in [1.54, 1.807) is 7.11 Å². The lowest BCUT2D eigenvalue weighted by molar-refractivity contribution is 0.0635. The van der Waals surface area contributed by atoms with E-state index in [0.29, 0.717) is 17.2 Å². The van der Waals surface area contributed by atoms with Crippen molar-refractivity contribution in [3.8, 4) is 11.5 Å². The van der Waals surface area contributed by atoms with Crippen LogP contribution < -0.4 is 20.5 Å². The number of amides is 1. The van der Waals surface area contributed by atoms with E-state index in [1.165, 1.54) is 7.11 Å². The van der Waals surface area contributed by atoms with E-state index >= 15 is 0 Å². The molecule has 1 aromatic carbocycles. The molecule has 1 fully saturated rings. The summed E-state index contributed by atoms with van der Waals surface area (Å²) in [6, 6.07) is 3.87. The number of anilines is 1. The van der Waals surface area contributed by atoms with Crippen molar-refractivity contribution in [1.29, 1.82) is 0 Å². The number of hydrogen-bond acceptors (Lipinski definition) is 5. The van der Waals surface area contributed by atoms with Crippen LogP contribution in [0.2, 0.25) is 0 Å². The molecule has 1 saturated carbocycles. The topological polar surface area (TPSA) is 82.8 Å². The number of nitrogens with one attached hydrogen (secondary N) is 1. The first-order valence-corrected chi connectivity index (χ1v) is 8.02. The van der Waals surface area contributed by atoms with Crippen LogP contribution in [0.3, 0.4) is 0 Å². The number of carbonyl (C=O) groups excluding carboxylic acids is 1. The summed E-state index contributed by atoms with van der Waals surface area (Å²) in [5.41, 5.74) is 7.14. The minimum Gasteiger partial charge on any atom is -0.493 e. The van der Waals surface area contributed by atoms with E-state index in [9.17, 15) is 4.79 Å². The number of benzene rings is 1. The minimum atomic E-state index is -0.583. The van der Waals surface area contributed by atoms with Crippen molar-refractivity contribution in [3.05, 3.63) is 17.7 Å². The van der Waals surface area contributed by atoms with Crippen LogP contribution in [0.15, 0.2) is 12.1 Å². The molecule has 3 N–H and O–H groups in total. The van der Waals surface area contributed by atoms with Crippen LogP contribution in [-0.2, 0) is 4.74 Å². The van der Waals surface area contributed by atoms with Crippen molar-refractivity contribution >= 4 is 11.8 Å². The van der Waals surface area contributed by atoms with Gasteiger partial charge in [0.2, 0.25) is 0 Å². The Morgan fingerprint density at radius 1 is 1.21 bits per heavy atom. The van der Waals surface area contributed by atoms with E-state index < -0.39 is 11.7 Å². The quantitative estimate of drug-likeness (QED) is 0.879. The number of hydrogen-bond donors (Lipinski definition) is 2. The Morgan fingerprint density at radius 3 is 2.21 bits per heavy atom. The number of nitrogens with two attached hydrogens (primary N) is 1. The molecular formula is C18H28N2O4. The highest BCUT2D eigenvalue weighted by atomic mass is 16.6. The highest BCUT2D eigenvalue weighted by Gasteiger charge is 2.56. The summed E-state index contributed by atoms with van der Waals surface area (Å²) in [7, 11) is 3.10. The Hall–Kier alpha value is -1.95. The highest BCUT2D eigenvalue weighted by Crippen LogP contribution is 2.58. The van der Waals surface area contributed by atoms with Crippen molar-refractivity contribution in [2.75, 3.05) is 19.5 Å². The average Bonchev–Trinajstić information content (AvgIpc) is 2.94. The number of carbonyl (C=O) groups is 1. The fourth-order valence-corrected chi connectivity index (χ4v) is 2.99. The third kappa shape index (κ3) is 3.59. The van der Waals surface area contributed by atoms with Gasteiger partial charge in [0.1, 0.15) is 5.60 Å². The maximum absolute atomic E-state index is 12.1. The predicted molar refractivity (Wildman–Crippen MR) is 93.9 cm³/mol. The van der Waals surface area contributed by atoms with Crippen LogP contribution in [0.4, 0.5) is 10.5 Å². The van der Waals surface area contributed by atoms with Crippen LogP contribution in [-0.4, -0.2) is 32.0 Å². The number of rotatable bonds is 4. The van der Waals surface area contributed by atoms with Gasteiger partial charge in [-0.15, -0.1) is 0 Å². The van der Waals surface area contributed by atoms with E-state index in [1.807, 2.05) is 32.9 Å². The first-order valence-electron chi connectivity index (χ1n) is 8.02. The predicted octanol–water partition coefficient (Wildman–Crippen LogP) is 3.50. The lowest BCUT2D eigenvalue weighted by Gasteiger charge is -2.21. The van der Waals surface area contributed by atoms with E-state index in [2.05, 4.69) is 19.2 Å². The molecule has 0 bridgehead atoms. The zero-order valence-corrected chi connectivity index (χ0v) is 15.5. The molecule has 1 aromatic rings. The maximum Gasteiger partial charge on any atom is 0.412 e. The molecule has 24 heavy (non-hydrogen) atoms. The smallest absolute Gasteiger partial charge is 0.412 e. The summed E-state index contributed by atoms with van der Waals surface area (Å²) in [6.45, 7) is 9.69. The van der Waals surface area contributed by atoms with Gasteiger partial charge in [-0.3, -0.25) is 5.32 Å². The second-order valence-corrected chi connectivity index (χ2v) is 7.76. The van der Waals surface area contributed by atoms with Crippen molar-refractivity contribution in [3.63, 3.8) is 0 Å². The molecule has 134 valence electrons. The van der Waals surface area contributed by atoms with Gasteiger partial charge in [0.15, 0.2) is 11.5 Å². The third-order valence-corrected chi connectivity index (χ3v) is 4.41. The second-order valence-electron chi connectivity index (χ2n) is 7.76. The first kappa shape index (κ1) is 18.4. The summed E-state index contributed by atoms with van der Waals surface area (Å²) in [5.74, 6) is 1.21. The summed E-state index contributed by atoms with van der Waals surface area (Å²) < 4.78 is 16.2. The summed E-state index contributed by atoms with van der Waals surface area (Å²) in [4.78, 5) is 12.1. The van der Waals surface area contributed by atoms with Crippen LogP contribution in [0.5, 0.6) is 11.5 Å². The van der Waals surface area contributed by atoms with Gasteiger partial charge in [0, 0.05) is 12.0 Å². The van der Waals surface area contributed by atoms with Crippen LogP contribution >= 0.6 is 0 Å². The minimum absolute atomic E-state index is 0.0167. The van der Waals surface area contributed by atoms with Gasteiger partial charge in [0.25, 0.3) is 0 Å². The van der Waals surface area contributed by atoms with E-state index in [4.69, 9.17) is 19.9 Å². The van der Waals surface area contributed by atoms with Gasteiger partial charge in [-0.1, -0.05) is 13.8 Å². The largest absolute Gasteiger partial charge is 0.493 e. The molecule has 1 aliphatic rings. The maximum atomic E-state index is 12.1. The van der Waals surface area contributed by atoms with Gasteiger partial charge in [-0.05, 0) is 43.9 Å². The lowest BCUT2D eigenvalue weighted by Crippen LogP contribution is -2.27.